The largest absolute Gasteiger partial charge is 0.497 e. The SMILES string of the molecule is COc1ccc(C(C)C)c(N2C(=O)CS/C2=N\C(=O)Nc2ccc(-c3ncn(-c4ccc(C(F)(F)F)cc4)n3)cc2OC)c1. The van der Waals surface area contributed by atoms with Crippen LogP contribution in [0.2, 0.25) is 0 Å². The highest BCUT2D eigenvalue weighted by Gasteiger charge is 2.33. The van der Waals surface area contributed by atoms with Gasteiger partial charge in [0.15, 0.2) is 11.0 Å². The lowest BCUT2D eigenvalue weighted by Crippen LogP contribution is -2.31. The van der Waals surface area contributed by atoms with Crippen LogP contribution in [0.1, 0.15) is 30.9 Å². The summed E-state index contributed by atoms with van der Waals surface area (Å²) in [5, 5.41) is 7.29. The topological polar surface area (TPSA) is 111 Å². The number of nitrogens with one attached hydrogen (secondary N) is 1. The Labute approximate surface area is 254 Å². The van der Waals surface area contributed by atoms with Gasteiger partial charge < -0.3 is 14.8 Å². The normalized spacial score (nSPS) is 14.4. The van der Waals surface area contributed by atoms with Gasteiger partial charge in [0.05, 0.1) is 42.6 Å². The molecule has 1 saturated heterocycles. The fraction of sp³-hybridized carbons (Fsp3) is 0.233. The molecule has 0 aliphatic carbocycles. The highest BCUT2D eigenvalue weighted by atomic mass is 32.2. The van der Waals surface area contributed by atoms with Gasteiger partial charge in [-0.25, -0.2) is 14.5 Å². The second-order valence-corrected chi connectivity index (χ2v) is 10.8. The van der Waals surface area contributed by atoms with E-state index in [2.05, 4.69) is 20.4 Å². The molecule has 2 heterocycles. The number of aliphatic imine (C=N–C) groups is 1. The molecule has 1 aromatic heterocycles. The quantitative estimate of drug-likeness (QED) is 0.242. The first-order valence-corrected chi connectivity index (χ1v) is 14.3. The van der Waals surface area contributed by atoms with Gasteiger partial charge in [-0.3, -0.25) is 9.69 Å². The first-order chi connectivity index (χ1) is 21.0. The number of aromatic nitrogens is 3. The predicted octanol–water partition coefficient (Wildman–Crippen LogP) is 6.76. The van der Waals surface area contributed by atoms with E-state index in [1.165, 1.54) is 42.3 Å². The number of benzene rings is 3. The van der Waals surface area contributed by atoms with E-state index >= 15 is 0 Å². The second kappa shape index (κ2) is 12.4. The Morgan fingerprint density at radius 2 is 1.80 bits per heavy atom. The molecule has 1 N–H and O–H groups in total. The van der Waals surface area contributed by atoms with Crippen molar-refractivity contribution in [3.05, 3.63) is 78.1 Å². The van der Waals surface area contributed by atoms with Crippen molar-refractivity contribution in [2.24, 2.45) is 4.99 Å². The van der Waals surface area contributed by atoms with Gasteiger partial charge in [0.2, 0.25) is 5.91 Å². The zero-order valence-electron chi connectivity index (χ0n) is 24.0. The number of carbonyl (C=O) groups is 2. The van der Waals surface area contributed by atoms with Crippen LogP contribution >= 0.6 is 11.8 Å². The zero-order valence-corrected chi connectivity index (χ0v) is 24.9. The number of nitrogens with zero attached hydrogens (tertiary/aromatic N) is 5. The van der Waals surface area contributed by atoms with Crippen LogP contribution in [0.5, 0.6) is 11.5 Å². The minimum atomic E-state index is -4.44. The number of rotatable bonds is 7. The lowest BCUT2D eigenvalue weighted by molar-refractivity contribution is -0.137. The fourth-order valence-electron chi connectivity index (χ4n) is 4.50. The maximum Gasteiger partial charge on any atom is 0.416 e. The van der Waals surface area contributed by atoms with E-state index in [9.17, 15) is 22.8 Å². The molecule has 0 bridgehead atoms. The number of hydrogen-bond donors (Lipinski definition) is 1. The maximum atomic E-state index is 13.0. The molecule has 3 aromatic carbocycles. The number of alkyl halides is 3. The minimum absolute atomic E-state index is 0.1000. The monoisotopic (exact) mass is 624 g/mol. The number of amides is 3. The molecule has 1 fully saturated rings. The Morgan fingerprint density at radius 1 is 1.05 bits per heavy atom. The van der Waals surface area contributed by atoms with E-state index in [-0.39, 0.29) is 28.6 Å². The molecule has 1 aliphatic heterocycles. The molecule has 3 amide bonds. The average Bonchev–Trinajstić information content (AvgIpc) is 3.63. The Kier molecular flexibility index (Phi) is 8.63. The number of anilines is 2. The van der Waals surface area contributed by atoms with Crippen LogP contribution in [0.3, 0.4) is 0 Å². The molecule has 0 atom stereocenters. The number of hydrogen-bond acceptors (Lipinski definition) is 7. The Balaban J connectivity index is 1.36. The van der Waals surface area contributed by atoms with Gasteiger partial charge in [-0.2, -0.15) is 18.2 Å². The van der Waals surface area contributed by atoms with E-state index in [4.69, 9.17) is 9.47 Å². The molecule has 5 rings (SSSR count). The molecule has 0 spiro atoms. The summed E-state index contributed by atoms with van der Waals surface area (Å²) in [6.45, 7) is 4.01. The summed E-state index contributed by atoms with van der Waals surface area (Å²) in [5.41, 5.74) is 2.00. The molecule has 0 saturated carbocycles. The molecule has 0 radical (unpaired) electrons. The molecule has 44 heavy (non-hydrogen) atoms. The Bertz CT molecular complexity index is 1740. The van der Waals surface area contributed by atoms with Crippen LogP contribution in [0, 0.1) is 0 Å². The highest BCUT2D eigenvalue weighted by molar-refractivity contribution is 8.15. The molecule has 14 heteroatoms. The third-order valence-corrected chi connectivity index (χ3v) is 7.64. The number of urea groups is 1. The van der Waals surface area contributed by atoms with E-state index in [0.29, 0.717) is 34.1 Å². The van der Waals surface area contributed by atoms with Crippen LogP contribution in [-0.4, -0.2) is 51.8 Å². The van der Waals surface area contributed by atoms with E-state index in [0.717, 1.165) is 29.5 Å². The van der Waals surface area contributed by atoms with Crippen molar-refractivity contribution in [1.82, 2.24) is 14.8 Å². The van der Waals surface area contributed by atoms with Gasteiger partial charge >= 0.3 is 12.2 Å². The predicted molar refractivity (Wildman–Crippen MR) is 162 cm³/mol. The van der Waals surface area contributed by atoms with E-state index in [1.807, 2.05) is 26.0 Å². The zero-order chi connectivity index (χ0) is 31.6. The molecule has 4 aromatic rings. The first-order valence-electron chi connectivity index (χ1n) is 13.3. The summed E-state index contributed by atoms with van der Waals surface area (Å²) < 4.78 is 50.9. The third-order valence-electron chi connectivity index (χ3n) is 6.72. The molecule has 10 nitrogen and oxygen atoms in total. The third kappa shape index (κ3) is 6.39. The van der Waals surface area contributed by atoms with Crippen LogP contribution < -0.4 is 19.7 Å². The summed E-state index contributed by atoms with van der Waals surface area (Å²) in [6, 6.07) is 14.2. The van der Waals surface area contributed by atoms with Gasteiger partial charge in [-0.05, 0) is 60.0 Å². The Morgan fingerprint density at radius 3 is 2.45 bits per heavy atom. The number of amidine groups is 1. The molecular weight excluding hydrogens is 597 g/mol. The van der Waals surface area contributed by atoms with Crippen molar-refractivity contribution in [3.63, 3.8) is 0 Å². The summed E-state index contributed by atoms with van der Waals surface area (Å²) in [6.07, 6.45) is -3.05. The number of ether oxygens (including phenoxy) is 2. The van der Waals surface area contributed by atoms with Crippen LogP contribution in [-0.2, 0) is 11.0 Å². The van der Waals surface area contributed by atoms with Gasteiger partial charge in [0.1, 0.15) is 17.8 Å². The number of thioether (sulfide) groups is 1. The van der Waals surface area contributed by atoms with Crippen molar-refractivity contribution >= 4 is 40.2 Å². The summed E-state index contributed by atoms with van der Waals surface area (Å²) in [4.78, 5) is 35.8. The van der Waals surface area contributed by atoms with Crippen molar-refractivity contribution in [3.8, 4) is 28.6 Å². The average molecular weight is 625 g/mol. The number of halogens is 3. The second-order valence-electron chi connectivity index (χ2n) is 9.89. The standard InChI is InChI=1S/C30H27F3N6O4S/c1-17(2)22-11-10-21(42-3)14-24(22)39-26(40)15-44-29(39)36-28(41)35-23-12-5-18(13-25(23)43-4)27-34-16-38(37-27)20-8-6-19(7-9-20)30(31,32)33/h5-14,16-17H,15H2,1-4H3,(H,35,41)/b36-29-. The summed E-state index contributed by atoms with van der Waals surface area (Å²) in [7, 11) is 2.97. The van der Waals surface area contributed by atoms with Crippen molar-refractivity contribution in [2.45, 2.75) is 25.9 Å². The molecule has 1 aliphatic rings. The molecule has 0 unspecified atom stereocenters. The highest BCUT2D eigenvalue weighted by Crippen LogP contribution is 2.36. The van der Waals surface area contributed by atoms with Crippen molar-refractivity contribution in [1.29, 1.82) is 0 Å². The number of carbonyl (C=O) groups excluding carboxylic acids is 2. The lowest BCUT2D eigenvalue weighted by Gasteiger charge is -2.22. The van der Waals surface area contributed by atoms with Crippen LogP contribution in [0.4, 0.5) is 29.3 Å². The Hall–Kier alpha value is -4.85. The summed E-state index contributed by atoms with van der Waals surface area (Å²) >= 11 is 1.16. The smallest absolute Gasteiger partial charge is 0.416 e. The van der Waals surface area contributed by atoms with Crippen molar-refractivity contribution < 1.29 is 32.2 Å². The van der Waals surface area contributed by atoms with Crippen molar-refractivity contribution in [2.75, 3.05) is 30.2 Å². The summed E-state index contributed by atoms with van der Waals surface area (Å²) in [5.74, 6) is 1.18. The van der Waals surface area contributed by atoms with Gasteiger partial charge in [0, 0.05) is 11.6 Å². The van der Waals surface area contributed by atoms with Gasteiger partial charge in [-0.1, -0.05) is 31.7 Å². The lowest BCUT2D eigenvalue weighted by atomic mass is 10.00. The van der Waals surface area contributed by atoms with E-state index < -0.39 is 17.8 Å². The van der Waals surface area contributed by atoms with Crippen LogP contribution in [0.25, 0.3) is 17.1 Å². The van der Waals surface area contributed by atoms with Gasteiger partial charge in [-0.15, -0.1) is 5.10 Å². The van der Waals surface area contributed by atoms with Crippen LogP contribution in [0.15, 0.2) is 72.0 Å². The maximum absolute atomic E-state index is 13.0. The first kappa shape index (κ1) is 30.6. The number of methoxy groups -OCH3 is 2. The fourth-order valence-corrected chi connectivity index (χ4v) is 5.36. The molecular formula is C30H27F3N6O4S. The van der Waals surface area contributed by atoms with Gasteiger partial charge in [0.25, 0.3) is 0 Å². The van der Waals surface area contributed by atoms with E-state index in [1.54, 1.807) is 24.3 Å². The minimum Gasteiger partial charge on any atom is -0.497 e. The molecule has 228 valence electrons.